The van der Waals surface area contributed by atoms with Crippen LogP contribution in [0.3, 0.4) is 0 Å². The second-order valence-corrected chi connectivity index (χ2v) is 5.29. The molecule has 19 heavy (non-hydrogen) atoms. The van der Waals surface area contributed by atoms with Gasteiger partial charge in [-0.2, -0.15) is 0 Å². The molecule has 0 aliphatic carbocycles. The van der Waals surface area contributed by atoms with E-state index >= 15 is 0 Å². The average Bonchev–Trinajstić information content (AvgIpc) is 2.42. The number of halogens is 2. The van der Waals surface area contributed by atoms with Crippen molar-refractivity contribution >= 4 is 22.6 Å². The van der Waals surface area contributed by atoms with Gasteiger partial charge in [-0.15, -0.1) is 0 Å². The van der Waals surface area contributed by atoms with E-state index in [4.69, 9.17) is 10.6 Å². The molecule has 1 unspecified atom stereocenters. The van der Waals surface area contributed by atoms with E-state index in [2.05, 4.69) is 28.0 Å². The Hall–Kier alpha value is -1.18. The molecule has 3 N–H and O–H groups in total. The first kappa shape index (κ1) is 14.2. The Labute approximate surface area is 125 Å². The normalized spacial score (nSPS) is 12.2. The molecule has 2 rings (SSSR count). The zero-order valence-corrected chi connectivity index (χ0v) is 12.5. The van der Waals surface area contributed by atoms with Crippen LogP contribution in [0.15, 0.2) is 42.5 Å². The third-order valence-corrected chi connectivity index (χ3v) is 3.60. The lowest BCUT2D eigenvalue weighted by Crippen LogP contribution is -2.28. The summed E-state index contributed by atoms with van der Waals surface area (Å²) < 4.78 is 19.8. The van der Waals surface area contributed by atoms with Crippen molar-refractivity contribution in [1.29, 1.82) is 0 Å². The Kier molecular flexibility index (Phi) is 4.73. The van der Waals surface area contributed by atoms with Crippen molar-refractivity contribution in [3.63, 3.8) is 0 Å². The molecule has 0 saturated carbocycles. The number of nitrogens with two attached hydrogens (primary N) is 1. The van der Waals surface area contributed by atoms with E-state index in [0.717, 1.165) is 14.7 Å². The number of hydrazine groups is 1. The van der Waals surface area contributed by atoms with E-state index in [1.807, 2.05) is 24.3 Å². The summed E-state index contributed by atoms with van der Waals surface area (Å²) in [5.74, 6) is 5.42. The molecule has 3 nitrogen and oxygen atoms in total. The van der Waals surface area contributed by atoms with Crippen LogP contribution in [-0.2, 0) is 0 Å². The molecule has 0 saturated heterocycles. The van der Waals surface area contributed by atoms with Crippen molar-refractivity contribution in [2.24, 2.45) is 5.84 Å². The predicted molar refractivity (Wildman–Crippen MR) is 81.3 cm³/mol. The molecule has 0 spiro atoms. The van der Waals surface area contributed by atoms with Gasteiger partial charge in [0.15, 0.2) is 11.6 Å². The fraction of sp³-hybridized carbons (Fsp3) is 0.143. The predicted octanol–water partition coefficient (Wildman–Crippen LogP) is 2.99. The molecule has 1 atom stereocenters. The minimum Gasteiger partial charge on any atom is -0.494 e. The number of hydrogen-bond acceptors (Lipinski definition) is 3. The molecule has 0 aliphatic heterocycles. The number of benzene rings is 2. The van der Waals surface area contributed by atoms with Gasteiger partial charge in [-0.05, 0) is 58.0 Å². The van der Waals surface area contributed by atoms with Gasteiger partial charge in [-0.3, -0.25) is 5.84 Å². The van der Waals surface area contributed by atoms with Crippen LogP contribution in [0, 0.1) is 9.39 Å². The van der Waals surface area contributed by atoms with E-state index in [9.17, 15) is 4.39 Å². The maximum atomic E-state index is 13.7. The Morgan fingerprint density at radius 3 is 2.32 bits per heavy atom. The van der Waals surface area contributed by atoms with Crippen molar-refractivity contribution in [3.05, 3.63) is 63.0 Å². The van der Waals surface area contributed by atoms with Gasteiger partial charge in [-0.1, -0.05) is 18.2 Å². The molecule has 0 heterocycles. The van der Waals surface area contributed by atoms with Gasteiger partial charge in [0.05, 0.1) is 13.2 Å². The third kappa shape index (κ3) is 3.23. The third-order valence-electron chi connectivity index (χ3n) is 2.88. The Bertz CT molecular complexity index is 560. The highest BCUT2D eigenvalue weighted by Crippen LogP contribution is 2.26. The topological polar surface area (TPSA) is 47.3 Å². The molecule has 0 amide bonds. The highest BCUT2D eigenvalue weighted by atomic mass is 127. The first-order valence-corrected chi connectivity index (χ1v) is 6.78. The van der Waals surface area contributed by atoms with Gasteiger partial charge in [-0.25, -0.2) is 9.82 Å². The van der Waals surface area contributed by atoms with Crippen molar-refractivity contribution in [3.8, 4) is 5.75 Å². The van der Waals surface area contributed by atoms with E-state index in [-0.39, 0.29) is 11.8 Å². The summed E-state index contributed by atoms with van der Waals surface area (Å²) in [5.41, 5.74) is 4.44. The zero-order chi connectivity index (χ0) is 13.8. The van der Waals surface area contributed by atoms with Crippen LogP contribution in [-0.4, -0.2) is 7.11 Å². The maximum Gasteiger partial charge on any atom is 0.165 e. The molecule has 0 bridgehead atoms. The Balaban J connectivity index is 2.36. The molecule has 5 heteroatoms. The summed E-state index contributed by atoms with van der Waals surface area (Å²) in [5, 5.41) is 0. The minimum atomic E-state index is -0.397. The van der Waals surface area contributed by atoms with E-state index in [0.29, 0.717) is 0 Å². The van der Waals surface area contributed by atoms with E-state index in [1.54, 1.807) is 12.1 Å². The first-order valence-electron chi connectivity index (χ1n) is 5.70. The second kappa shape index (κ2) is 6.31. The molecule has 0 radical (unpaired) electrons. The summed E-state index contributed by atoms with van der Waals surface area (Å²) in [6.07, 6.45) is 0. The molecule has 0 fully saturated rings. The van der Waals surface area contributed by atoms with E-state index < -0.39 is 5.82 Å². The van der Waals surface area contributed by atoms with Crippen LogP contribution >= 0.6 is 22.6 Å². The van der Waals surface area contributed by atoms with Crippen molar-refractivity contribution in [1.82, 2.24) is 5.43 Å². The highest BCUT2D eigenvalue weighted by Gasteiger charge is 2.14. The first-order chi connectivity index (χ1) is 9.15. The number of hydrogen-bond donors (Lipinski definition) is 2. The van der Waals surface area contributed by atoms with Gasteiger partial charge in [0.25, 0.3) is 0 Å². The monoisotopic (exact) mass is 372 g/mol. The average molecular weight is 372 g/mol. The molecule has 2 aromatic carbocycles. The summed E-state index contributed by atoms with van der Waals surface area (Å²) in [4.78, 5) is 0. The minimum absolute atomic E-state index is 0.224. The second-order valence-electron chi connectivity index (χ2n) is 4.05. The lowest BCUT2D eigenvalue weighted by Gasteiger charge is -2.17. The molecular weight excluding hydrogens is 358 g/mol. The van der Waals surface area contributed by atoms with Crippen molar-refractivity contribution < 1.29 is 9.13 Å². The summed E-state index contributed by atoms with van der Waals surface area (Å²) in [6, 6.07) is 12.5. The molecular formula is C14H14FIN2O. The summed E-state index contributed by atoms with van der Waals surface area (Å²) >= 11 is 2.23. The van der Waals surface area contributed by atoms with Gasteiger partial charge in [0, 0.05) is 3.57 Å². The van der Waals surface area contributed by atoms with Gasteiger partial charge in [0.1, 0.15) is 0 Å². The summed E-state index contributed by atoms with van der Waals surface area (Å²) in [7, 11) is 1.44. The number of nitrogens with one attached hydrogen (secondary N) is 1. The molecule has 2 aromatic rings. The molecule has 0 aliphatic rings. The van der Waals surface area contributed by atoms with Gasteiger partial charge < -0.3 is 4.74 Å². The number of methoxy groups -OCH3 is 1. The maximum absolute atomic E-state index is 13.7. The lowest BCUT2D eigenvalue weighted by molar-refractivity contribution is 0.385. The zero-order valence-electron chi connectivity index (χ0n) is 10.4. The SMILES string of the molecule is COc1ccc(C(NN)c2ccc(I)cc2)cc1F. The standard InChI is InChI=1S/C14H14FIN2O/c1-19-13-7-4-10(8-12(13)15)14(18-17)9-2-5-11(16)6-3-9/h2-8,14,18H,17H2,1H3. The van der Waals surface area contributed by atoms with Gasteiger partial charge >= 0.3 is 0 Å². The quantitative estimate of drug-likeness (QED) is 0.493. The Morgan fingerprint density at radius 2 is 1.79 bits per heavy atom. The van der Waals surface area contributed by atoms with Crippen LogP contribution in [0.1, 0.15) is 17.2 Å². The van der Waals surface area contributed by atoms with E-state index in [1.165, 1.54) is 13.2 Å². The Morgan fingerprint density at radius 1 is 1.16 bits per heavy atom. The van der Waals surface area contributed by atoms with Crippen LogP contribution in [0.4, 0.5) is 4.39 Å². The smallest absolute Gasteiger partial charge is 0.165 e. The molecule has 100 valence electrons. The van der Waals surface area contributed by atoms with Gasteiger partial charge in [0.2, 0.25) is 0 Å². The fourth-order valence-corrected chi connectivity index (χ4v) is 2.26. The van der Waals surface area contributed by atoms with Crippen LogP contribution in [0.2, 0.25) is 0 Å². The van der Waals surface area contributed by atoms with Crippen LogP contribution in [0.25, 0.3) is 0 Å². The highest BCUT2D eigenvalue weighted by molar-refractivity contribution is 14.1. The number of rotatable bonds is 4. The fourth-order valence-electron chi connectivity index (χ4n) is 1.90. The lowest BCUT2D eigenvalue weighted by atomic mass is 9.99. The number of ether oxygens (including phenoxy) is 1. The van der Waals surface area contributed by atoms with Crippen molar-refractivity contribution in [2.75, 3.05) is 7.11 Å². The van der Waals surface area contributed by atoms with Crippen LogP contribution in [0.5, 0.6) is 5.75 Å². The molecule has 0 aromatic heterocycles. The summed E-state index contributed by atoms with van der Waals surface area (Å²) in [6.45, 7) is 0. The largest absolute Gasteiger partial charge is 0.494 e. The van der Waals surface area contributed by atoms with Crippen molar-refractivity contribution in [2.45, 2.75) is 6.04 Å². The van der Waals surface area contributed by atoms with Crippen LogP contribution < -0.4 is 16.0 Å².